The molecule has 1 aromatic carbocycles. The first-order valence-electron chi connectivity index (χ1n) is 11.3. The van der Waals surface area contributed by atoms with Gasteiger partial charge in [-0.25, -0.2) is 0 Å². The van der Waals surface area contributed by atoms with Gasteiger partial charge >= 0.3 is 6.18 Å². The normalized spacial score (nSPS) is 21.9. The van der Waals surface area contributed by atoms with Crippen molar-refractivity contribution in [2.75, 3.05) is 0 Å². The van der Waals surface area contributed by atoms with E-state index in [1.807, 2.05) is 41.1 Å². The van der Waals surface area contributed by atoms with Gasteiger partial charge in [0.15, 0.2) is 5.11 Å². The second-order valence-corrected chi connectivity index (χ2v) is 9.06. The number of thiocarbonyl (C=S) groups is 1. The number of rotatable bonds is 4. The van der Waals surface area contributed by atoms with Crippen LogP contribution >= 0.6 is 12.2 Å². The van der Waals surface area contributed by atoms with Crippen molar-refractivity contribution in [3.63, 3.8) is 0 Å². The maximum absolute atomic E-state index is 13.4. The smallest absolute Gasteiger partial charge is 0.352 e. The van der Waals surface area contributed by atoms with Crippen molar-refractivity contribution in [3.8, 4) is 5.69 Å². The Bertz CT molecular complexity index is 1120. The molecular formula is C25H25F3N4S. The molecule has 172 valence electrons. The Balaban J connectivity index is 1.60. The second kappa shape index (κ2) is 8.82. The van der Waals surface area contributed by atoms with Gasteiger partial charge in [-0.05, 0) is 67.5 Å². The summed E-state index contributed by atoms with van der Waals surface area (Å²) >= 11 is 5.81. The van der Waals surface area contributed by atoms with E-state index in [-0.39, 0.29) is 12.1 Å². The summed E-state index contributed by atoms with van der Waals surface area (Å²) in [5.74, 6) is 0. The van der Waals surface area contributed by atoms with Crippen LogP contribution in [0.2, 0.25) is 0 Å². The molecule has 1 saturated heterocycles. The molecule has 2 aliphatic rings. The largest absolute Gasteiger partial charge is 0.416 e. The van der Waals surface area contributed by atoms with Crippen LogP contribution in [-0.4, -0.2) is 25.6 Å². The van der Waals surface area contributed by atoms with E-state index in [0.717, 1.165) is 43.1 Å². The zero-order chi connectivity index (χ0) is 23.0. The Morgan fingerprint density at radius 1 is 0.970 bits per heavy atom. The monoisotopic (exact) mass is 470 g/mol. The molecule has 8 heteroatoms. The molecule has 0 bridgehead atoms. The van der Waals surface area contributed by atoms with Gasteiger partial charge in [0, 0.05) is 29.8 Å². The SMILES string of the molecule is FC(F)(F)c1cccc(-n2cccc2[C@H]2[C@H](c3ccccn3)NC(=S)N2C2CCCCC2)c1. The van der Waals surface area contributed by atoms with Crippen LogP contribution in [0, 0.1) is 0 Å². The van der Waals surface area contributed by atoms with E-state index in [4.69, 9.17) is 12.2 Å². The highest BCUT2D eigenvalue weighted by atomic mass is 32.1. The molecule has 1 saturated carbocycles. The maximum atomic E-state index is 13.4. The number of pyridine rings is 1. The third-order valence-electron chi connectivity index (χ3n) is 6.64. The van der Waals surface area contributed by atoms with E-state index >= 15 is 0 Å². The number of nitrogens with one attached hydrogen (secondary N) is 1. The average Bonchev–Trinajstić information content (AvgIpc) is 3.44. The minimum atomic E-state index is -4.40. The lowest BCUT2D eigenvalue weighted by molar-refractivity contribution is -0.137. The van der Waals surface area contributed by atoms with Gasteiger partial charge in [0.05, 0.1) is 23.3 Å². The summed E-state index contributed by atoms with van der Waals surface area (Å²) in [6, 6.07) is 15.0. The molecule has 4 nitrogen and oxygen atoms in total. The first kappa shape index (κ1) is 21.9. The quantitative estimate of drug-likeness (QED) is 0.461. The van der Waals surface area contributed by atoms with Crippen LogP contribution < -0.4 is 5.32 Å². The lowest BCUT2D eigenvalue weighted by Gasteiger charge is -2.37. The summed E-state index contributed by atoms with van der Waals surface area (Å²) < 4.78 is 42.0. The number of benzene rings is 1. The van der Waals surface area contributed by atoms with Crippen molar-refractivity contribution in [2.24, 2.45) is 0 Å². The molecule has 2 fully saturated rings. The Labute approximate surface area is 196 Å². The molecule has 2 atom stereocenters. The minimum absolute atomic E-state index is 0.181. The van der Waals surface area contributed by atoms with E-state index in [1.165, 1.54) is 18.6 Å². The third kappa shape index (κ3) is 4.24. The van der Waals surface area contributed by atoms with Crippen LogP contribution in [-0.2, 0) is 6.18 Å². The molecule has 0 unspecified atom stereocenters. The van der Waals surface area contributed by atoms with E-state index < -0.39 is 11.7 Å². The first-order chi connectivity index (χ1) is 15.9. The van der Waals surface area contributed by atoms with Crippen molar-refractivity contribution >= 4 is 17.3 Å². The predicted molar refractivity (Wildman–Crippen MR) is 125 cm³/mol. The molecule has 0 radical (unpaired) electrons. The molecule has 0 spiro atoms. The molecule has 0 amide bonds. The van der Waals surface area contributed by atoms with E-state index in [0.29, 0.717) is 16.8 Å². The van der Waals surface area contributed by atoms with Crippen LogP contribution in [0.5, 0.6) is 0 Å². The van der Waals surface area contributed by atoms with Crippen LogP contribution in [0.3, 0.4) is 0 Å². The highest BCUT2D eigenvalue weighted by Crippen LogP contribution is 2.43. The van der Waals surface area contributed by atoms with Gasteiger partial charge in [-0.2, -0.15) is 13.2 Å². The van der Waals surface area contributed by atoms with Gasteiger partial charge in [-0.15, -0.1) is 0 Å². The number of alkyl halides is 3. The zero-order valence-corrected chi connectivity index (χ0v) is 18.8. The predicted octanol–water partition coefficient (Wildman–Crippen LogP) is 6.20. The Morgan fingerprint density at radius 2 is 1.79 bits per heavy atom. The molecule has 1 N–H and O–H groups in total. The summed E-state index contributed by atoms with van der Waals surface area (Å²) in [5.41, 5.74) is 1.57. The zero-order valence-electron chi connectivity index (χ0n) is 18.0. The summed E-state index contributed by atoms with van der Waals surface area (Å²) in [4.78, 5) is 6.85. The van der Waals surface area contributed by atoms with Gasteiger partial charge in [-0.1, -0.05) is 31.4 Å². The van der Waals surface area contributed by atoms with Crippen molar-refractivity contribution in [1.29, 1.82) is 0 Å². The van der Waals surface area contributed by atoms with Gasteiger partial charge in [0.2, 0.25) is 0 Å². The fraction of sp³-hybridized carbons (Fsp3) is 0.360. The fourth-order valence-electron chi connectivity index (χ4n) is 5.14. The summed E-state index contributed by atoms with van der Waals surface area (Å²) in [6.45, 7) is 0. The van der Waals surface area contributed by atoms with Gasteiger partial charge < -0.3 is 14.8 Å². The summed E-state index contributed by atoms with van der Waals surface area (Å²) in [5, 5.41) is 4.15. The first-order valence-corrected chi connectivity index (χ1v) is 11.7. The van der Waals surface area contributed by atoms with E-state index in [2.05, 4.69) is 15.2 Å². The van der Waals surface area contributed by atoms with Crippen LogP contribution in [0.4, 0.5) is 13.2 Å². The van der Waals surface area contributed by atoms with Crippen molar-refractivity contribution in [2.45, 2.75) is 56.4 Å². The molecule has 3 aromatic rings. The molecule has 2 aromatic heterocycles. The molecule has 1 aliphatic carbocycles. The van der Waals surface area contributed by atoms with Crippen LogP contribution in [0.1, 0.15) is 61.1 Å². The fourth-order valence-corrected chi connectivity index (χ4v) is 5.53. The number of aromatic nitrogens is 2. The standard InChI is InChI=1S/C25H25F3N4S/c26-25(27,28)17-8-6-11-19(16-17)31-15-7-13-21(31)23-22(20-12-4-5-14-29-20)30-24(33)32(23)18-9-2-1-3-10-18/h4-8,11-16,18,22-23H,1-3,9-10H2,(H,30,33)/t22-,23-/m0/s1. The molecule has 3 heterocycles. The number of hydrogen-bond donors (Lipinski definition) is 1. The van der Waals surface area contributed by atoms with E-state index in [1.54, 1.807) is 12.3 Å². The van der Waals surface area contributed by atoms with Gasteiger partial charge in [0.1, 0.15) is 0 Å². The van der Waals surface area contributed by atoms with Gasteiger partial charge in [0.25, 0.3) is 0 Å². The Morgan fingerprint density at radius 3 is 2.52 bits per heavy atom. The number of nitrogens with zero attached hydrogens (tertiary/aromatic N) is 3. The molecule has 33 heavy (non-hydrogen) atoms. The molecule has 5 rings (SSSR count). The van der Waals surface area contributed by atoms with Crippen molar-refractivity contribution in [3.05, 3.63) is 83.9 Å². The lowest BCUT2D eigenvalue weighted by Crippen LogP contribution is -2.40. The number of hydrogen-bond acceptors (Lipinski definition) is 2. The lowest BCUT2D eigenvalue weighted by atomic mass is 9.92. The highest BCUT2D eigenvalue weighted by Gasteiger charge is 2.44. The third-order valence-corrected chi connectivity index (χ3v) is 6.97. The summed E-state index contributed by atoms with van der Waals surface area (Å²) in [6.07, 6.45) is 4.81. The maximum Gasteiger partial charge on any atom is 0.416 e. The number of halogens is 3. The van der Waals surface area contributed by atoms with Crippen molar-refractivity contribution < 1.29 is 13.2 Å². The van der Waals surface area contributed by atoms with Crippen LogP contribution in [0.25, 0.3) is 5.69 Å². The Hall–Kier alpha value is -2.87. The second-order valence-electron chi connectivity index (χ2n) is 8.68. The van der Waals surface area contributed by atoms with E-state index in [9.17, 15) is 13.2 Å². The Kier molecular flexibility index (Phi) is 5.86. The topological polar surface area (TPSA) is 33.1 Å². The molecular weight excluding hydrogens is 445 g/mol. The summed E-state index contributed by atoms with van der Waals surface area (Å²) in [7, 11) is 0. The van der Waals surface area contributed by atoms with Crippen molar-refractivity contribution in [1.82, 2.24) is 19.8 Å². The molecule has 1 aliphatic heterocycles. The van der Waals surface area contributed by atoms with Gasteiger partial charge in [-0.3, -0.25) is 4.98 Å². The van der Waals surface area contributed by atoms with Crippen LogP contribution in [0.15, 0.2) is 67.0 Å². The minimum Gasteiger partial charge on any atom is -0.352 e. The average molecular weight is 471 g/mol. The highest BCUT2D eigenvalue weighted by molar-refractivity contribution is 7.80.